The molecule has 0 bridgehead atoms. The second kappa shape index (κ2) is 6.81. The molecule has 5 heteroatoms. The summed E-state index contributed by atoms with van der Waals surface area (Å²) in [4.78, 5) is 26.2. The molecular weight excluding hydrogens is 280 g/mol. The molecule has 0 aromatic heterocycles. The number of para-hydroxylation sites is 1. The minimum atomic E-state index is -0.287. The Morgan fingerprint density at radius 1 is 1.18 bits per heavy atom. The Kier molecular flexibility index (Phi) is 4.61. The Hall–Kier alpha value is -2.04. The van der Waals surface area contributed by atoms with Crippen molar-refractivity contribution in [1.82, 2.24) is 10.2 Å². The van der Waals surface area contributed by atoms with Crippen LogP contribution in [0.15, 0.2) is 30.3 Å². The SMILES string of the molecule is O=C(NC1CC1)C1CCCN1C(=O)CCOc1ccccc1. The van der Waals surface area contributed by atoms with E-state index in [1.165, 1.54) is 0 Å². The standard InChI is InChI=1S/C17H22N2O3/c20-16(10-12-22-14-5-2-1-3-6-14)19-11-4-7-15(19)17(21)18-13-8-9-13/h1-3,5-6,13,15H,4,7-12H2,(H,18,21). The van der Waals surface area contributed by atoms with E-state index in [0.29, 0.717) is 25.6 Å². The van der Waals surface area contributed by atoms with Gasteiger partial charge in [0, 0.05) is 12.6 Å². The molecule has 0 spiro atoms. The van der Waals surface area contributed by atoms with Crippen LogP contribution >= 0.6 is 0 Å². The maximum absolute atomic E-state index is 12.3. The van der Waals surface area contributed by atoms with Crippen molar-refractivity contribution in [2.24, 2.45) is 0 Å². The monoisotopic (exact) mass is 302 g/mol. The van der Waals surface area contributed by atoms with Gasteiger partial charge in [-0.1, -0.05) is 18.2 Å². The average Bonchev–Trinajstić information content (AvgIpc) is 3.20. The highest BCUT2D eigenvalue weighted by Crippen LogP contribution is 2.23. The number of hydrogen-bond acceptors (Lipinski definition) is 3. The highest BCUT2D eigenvalue weighted by Gasteiger charge is 2.36. The van der Waals surface area contributed by atoms with Crippen LogP contribution in [0.3, 0.4) is 0 Å². The zero-order valence-electron chi connectivity index (χ0n) is 12.7. The van der Waals surface area contributed by atoms with Gasteiger partial charge < -0.3 is 15.0 Å². The molecule has 2 fully saturated rings. The van der Waals surface area contributed by atoms with Gasteiger partial charge in [0.2, 0.25) is 11.8 Å². The summed E-state index contributed by atoms with van der Waals surface area (Å²) in [5.41, 5.74) is 0. The summed E-state index contributed by atoms with van der Waals surface area (Å²) in [6, 6.07) is 9.51. The molecule has 1 aliphatic carbocycles. The van der Waals surface area contributed by atoms with E-state index in [4.69, 9.17) is 4.74 Å². The number of nitrogens with one attached hydrogen (secondary N) is 1. The first-order valence-electron chi connectivity index (χ1n) is 8.02. The second-order valence-corrected chi connectivity index (χ2v) is 5.94. The molecule has 1 unspecified atom stereocenters. The Balaban J connectivity index is 1.46. The fourth-order valence-electron chi connectivity index (χ4n) is 2.78. The molecule has 1 N–H and O–H groups in total. The predicted molar refractivity (Wildman–Crippen MR) is 82.5 cm³/mol. The van der Waals surface area contributed by atoms with Gasteiger partial charge in [0.25, 0.3) is 0 Å². The summed E-state index contributed by atoms with van der Waals surface area (Å²) < 4.78 is 5.56. The highest BCUT2D eigenvalue weighted by atomic mass is 16.5. The first-order chi connectivity index (χ1) is 10.7. The fourth-order valence-corrected chi connectivity index (χ4v) is 2.78. The zero-order valence-corrected chi connectivity index (χ0v) is 12.7. The lowest BCUT2D eigenvalue weighted by Gasteiger charge is -2.24. The van der Waals surface area contributed by atoms with Crippen LogP contribution < -0.4 is 10.1 Å². The number of benzene rings is 1. The third-order valence-corrected chi connectivity index (χ3v) is 4.13. The summed E-state index contributed by atoms with van der Waals surface area (Å²) in [6.45, 7) is 1.02. The number of likely N-dealkylation sites (tertiary alicyclic amines) is 1. The normalized spacial score (nSPS) is 20.7. The third-order valence-electron chi connectivity index (χ3n) is 4.13. The molecule has 5 nitrogen and oxygen atoms in total. The summed E-state index contributed by atoms with van der Waals surface area (Å²) in [5, 5.41) is 3.00. The Morgan fingerprint density at radius 2 is 1.95 bits per heavy atom. The molecule has 1 aromatic rings. The molecule has 118 valence electrons. The summed E-state index contributed by atoms with van der Waals surface area (Å²) in [6.07, 6.45) is 4.11. The van der Waals surface area contributed by atoms with E-state index in [1.807, 2.05) is 30.3 Å². The van der Waals surface area contributed by atoms with E-state index < -0.39 is 0 Å². The van der Waals surface area contributed by atoms with Gasteiger partial charge in [-0.05, 0) is 37.8 Å². The van der Waals surface area contributed by atoms with Crippen LogP contribution in [0.1, 0.15) is 32.1 Å². The average molecular weight is 302 g/mol. The zero-order chi connectivity index (χ0) is 15.4. The molecule has 1 aliphatic heterocycles. The molecule has 1 atom stereocenters. The van der Waals surface area contributed by atoms with Gasteiger partial charge in [0.15, 0.2) is 0 Å². The van der Waals surface area contributed by atoms with Gasteiger partial charge in [-0.15, -0.1) is 0 Å². The van der Waals surface area contributed by atoms with Crippen LogP contribution in [-0.4, -0.2) is 41.9 Å². The van der Waals surface area contributed by atoms with Crippen molar-refractivity contribution in [2.75, 3.05) is 13.2 Å². The van der Waals surface area contributed by atoms with E-state index >= 15 is 0 Å². The number of rotatable bonds is 6. The van der Waals surface area contributed by atoms with Crippen molar-refractivity contribution in [2.45, 2.75) is 44.2 Å². The molecule has 2 amide bonds. The van der Waals surface area contributed by atoms with Gasteiger partial charge in [-0.2, -0.15) is 0 Å². The minimum Gasteiger partial charge on any atom is -0.493 e. The van der Waals surface area contributed by atoms with Crippen LogP contribution in [0, 0.1) is 0 Å². The van der Waals surface area contributed by atoms with Crippen molar-refractivity contribution in [1.29, 1.82) is 0 Å². The third kappa shape index (κ3) is 3.78. The summed E-state index contributed by atoms with van der Waals surface area (Å²) in [7, 11) is 0. The number of hydrogen-bond donors (Lipinski definition) is 1. The van der Waals surface area contributed by atoms with Crippen molar-refractivity contribution >= 4 is 11.8 Å². The maximum atomic E-state index is 12.3. The lowest BCUT2D eigenvalue weighted by Crippen LogP contribution is -2.46. The molecule has 3 rings (SSSR count). The van der Waals surface area contributed by atoms with Gasteiger partial charge in [-0.25, -0.2) is 0 Å². The molecule has 1 aromatic carbocycles. The predicted octanol–water partition coefficient (Wildman–Crippen LogP) is 1.73. The van der Waals surface area contributed by atoms with E-state index in [-0.39, 0.29) is 17.9 Å². The van der Waals surface area contributed by atoms with Crippen LogP contribution in [0.4, 0.5) is 0 Å². The number of carbonyl (C=O) groups excluding carboxylic acids is 2. The number of amides is 2. The number of nitrogens with zero attached hydrogens (tertiary/aromatic N) is 1. The van der Waals surface area contributed by atoms with Crippen molar-refractivity contribution < 1.29 is 14.3 Å². The van der Waals surface area contributed by atoms with Crippen LogP contribution in [0.25, 0.3) is 0 Å². The Bertz CT molecular complexity index is 528. The largest absolute Gasteiger partial charge is 0.493 e. The van der Waals surface area contributed by atoms with Gasteiger partial charge in [0.05, 0.1) is 13.0 Å². The summed E-state index contributed by atoms with van der Waals surface area (Å²) >= 11 is 0. The molecule has 1 heterocycles. The fraction of sp³-hybridized carbons (Fsp3) is 0.529. The molecule has 0 radical (unpaired) electrons. The first-order valence-corrected chi connectivity index (χ1v) is 8.02. The Morgan fingerprint density at radius 3 is 2.68 bits per heavy atom. The van der Waals surface area contributed by atoms with Crippen molar-refractivity contribution in [3.8, 4) is 5.75 Å². The van der Waals surface area contributed by atoms with Crippen LogP contribution in [0.2, 0.25) is 0 Å². The van der Waals surface area contributed by atoms with E-state index in [2.05, 4.69) is 5.32 Å². The second-order valence-electron chi connectivity index (χ2n) is 5.94. The molecule has 2 aliphatic rings. The van der Waals surface area contributed by atoms with E-state index in [1.54, 1.807) is 4.90 Å². The van der Waals surface area contributed by atoms with Gasteiger partial charge in [-0.3, -0.25) is 9.59 Å². The van der Waals surface area contributed by atoms with Gasteiger partial charge in [0.1, 0.15) is 11.8 Å². The molecule has 1 saturated heterocycles. The lowest BCUT2D eigenvalue weighted by molar-refractivity contribution is -0.138. The Labute approximate surface area is 130 Å². The van der Waals surface area contributed by atoms with E-state index in [0.717, 1.165) is 31.4 Å². The maximum Gasteiger partial charge on any atom is 0.243 e. The first kappa shape index (κ1) is 14.9. The van der Waals surface area contributed by atoms with Crippen molar-refractivity contribution in [3.05, 3.63) is 30.3 Å². The topological polar surface area (TPSA) is 58.6 Å². The molecule has 22 heavy (non-hydrogen) atoms. The highest BCUT2D eigenvalue weighted by molar-refractivity contribution is 5.88. The molecule has 1 saturated carbocycles. The van der Waals surface area contributed by atoms with Crippen LogP contribution in [-0.2, 0) is 9.59 Å². The minimum absolute atomic E-state index is 0.00405. The van der Waals surface area contributed by atoms with Crippen molar-refractivity contribution in [3.63, 3.8) is 0 Å². The molecular formula is C17H22N2O3. The summed E-state index contributed by atoms with van der Waals surface area (Å²) in [5.74, 6) is 0.779. The quantitative estimate of drug-likeness (QED) is 0.870. The van der Waals surface area contributed by atoms with E-state index in [9.17, 15) is 9.59 Å². The number of ether oxygens (including phenoxy) is 1. The smallest absolute Gasteiger partial charge is 0.243 e. The van der Waals surface area contributed by atoms with Gasteiger partial charge >= 0.3 is 0 Å². The number of carbonyl (C=O) groups is 2. The lowest BCUT2D eigenvalue weighted by atomic mass is 10.2. The van der Waals surface area contributed by atoms with Crippen LogP contribution in [0.5, 0.6) is 5.75 Å².